The van der Waals surface area contributed by atoms with Gasteiger partial charge in [-0.3, -0.25) is 4.21 Å². The zero-order valence-corrected chi connectivity index (χ0v) is 12.2. The minimum atomic E-state index is -0.587. The van der Waals surface area contributed by atoms with Gasteiger partial charge in [0.1, 0.15) is 8.16 Å². The lowest BCUT2D eigenvalue weighted by Gasteiger charge is -2.35. The Morgan fingerprint density at radius 1 is 0.688 bits per heavy atom. The summed E-state index contributed by atoms with van der Waals surface area (Å²) in [6.45, 7) is 0. The number of hydrogen-bond donors (Lipinski definition) is 0. The van der Waals surface area contributed by atoms with E-state index in [0.29, 0.717) is 0 Å². The van der Waals surface area contributed by atoms with Crippen LogP contribution in [0.4, 0.5) is 0 Å². The molecule has 1 heterocycles. The molecule has 0 unspecified atom stereocenters. The Hall–Kier alpha value is 0.850. The van der Waals surface area contributed by atoms with Crippen molar-refractivity contribution in [2.45, 2.75) is 72.4 Å². The molecule has 0 aromatic heterocycles. The average Bonchev–Trinajstić information content (AvgIpc) is 2.59. The first-order chi connectivity index (χ1) is 7.78. The fraction of sp³-hybridized carbons (Fsp3) is 1.00. The zero-order valence-electron chi connectivity index (χ0n) is 9.70. The van der Waals surface area contributed by atoms with E-state index >= 15 is 0 Å². The maximum Gasteiger partial charge on any atom is 0.103 e. The Morgan fingerprint density at radius 3 is 1.44 bits per heavy atom. The van der Waals surface area contributed by atoms with Gasteiger partial charge in [-0.1, -0.05) is 60.1 Å². The van der Waals surface area contributed by atoms with E-state index in [1.165, 1.54) is 64.2 Å². The third kappa shape index (κ3) is 1.79. The third-order valence-electron chi connectivity index (χ3n) is 4.25. The molecule has 2 aliphatic carbocycles. The van der Waals surface area contributed by atoms with E-state index in [9.17, 15) is 4.21 Å². The first-order valence-electron chi connectivity index (χ1n) is 6.56. The zero-order chi connectivity index (χ0) is 11.1. The van der Waals surface area contributed by atoms with Crippen molar-refractivity contribution in [1.29, 1.82) is 0 Å². The molecule has 16 heavy (non-hydrogen) atoms. The van der Waals surface area contributed by atoms with Gasteiger partial charge in [0.15, 0.2) is 0 Å². The fourth-order valence-corrected chi connectivity index (χ4v) is 11.7. The van der Waals surface area contributed by atoms with Crippen LogP contribution < -0.4 is 0 Å². The first kappa shape index (κ1) is 11.9. The molecule has 0 bridgehead atoms. The molecule has 92 valence electrons. The van der Waals surface area contributed by atoms with E-state index in [4.69, 9.17) is 0 Å². The second-order valence-electron chi connectivity index (χ2n) is 5.38. The van der Waals surface area contributed by atoms with Crippen LogP contribution in [0.25, 0.3) is 0 Å². The molecule has 2 spiro atoms. The molecule has 3 rings (SSSR count). The van der Waals surface area contributed by atoms with E-state index in [0.717, 1.165) is 0 Å². The SMILES string of the molecule is O=S1C2(CCCCC2)SSC12CCCCC2. The Bertz CT molecular complexity index is 263. The van der Waals surface area contributed by atoms with Crippen molar-refractivity contribution in [3.05, 3.63) is 0 Å². The van der Waals surface area contributed by atoms with Crippen molar-refractivity contribution >= 4 is 32.4 Å². The van der Waals surface area contributed by atoms with Crippen LogP contribution >= 0.6 is 21.6 Å². The standard InChI is InChI=1S/C12H20OS3/c13-16-11(7-3-1-4-8-11)14-15-12(16)9-5-2-6-10-12/h1-10H2. The lowest BCUT2D eigenvalue weighted by molar-refractivity contribution is 0.453. The predicted octanol–water partition coefficient (Wildman–Crippen LogP) is 4.45. The minimum Gasteiger partial charge on any atom is -0.257 e. The monoisotopic (exact) mass is 276 g/mol. The number of hydrogen-bond acceptors (Lipinski definition) is 3. The molecular formula is C12H20OS3. The van der Waals surface area contributed by atoms with Crippen LogP contribution in [-0.4, -0.2) is 12.4 Å². The normalized spacial score (nSPS) is 33.5. The van der Waals surface area contributed by atoms with Crippen LogP contribution in [0, 0.1) is 0 Å². The largest absolute Gasteiger partial charge is 0.257 e. The van der Waals surface area contributed by atoms with Gasteiger partial charge < -0.3 is 0 Å². The summed E-state index contributed by atoms with van der Waals surface area (Å²) in [5.74, 6) is 0. The molecular weight excluding hydrogens is 256 g/mol. The highest BCUT2D eigenvalue weighted by molar-refractivity contribution is 8.82. The van der Waals surface area contributed by atoms with Crippen molar-refractivity contribution in [3.8, 4) is 0 Å². The van der Waals surface area contributed by atoms with E-state index in [2.05, 4.69) is 0 Å². The minimum absolute atomic E-state index is 0.153. The van der Waals surface area contributed by atoms with E-state index in [1.54, 1.807) is 0 Å². The maximum atomic E-state index is 12.9. The summed E-state index contributed by atoms with van der Waals surface area (Å²) >= 11 is 0. The smallest absolute Gasteiger partial charge is 0.103 e. The molecule has 2 saturated carbocycles. The van der Waals surface area contributed by atoms with Crippen LogP contribution in [0.2, 0.25) is 0 Å². The third-order valence-corrected chi connectivity index (χ3v) is 12.1. The Morgan fingerprint density at radius 2 is 1.06 bits per heavy atom. The van der Waals surface area contributed by atoms with E-state index in [-0.39, 0.29) is 8.16 Å². The van der Waals surface area contributed by atoms with Crippen molar-refractivity contribution < 1.29 is 4.21 Å². The van der Waals surface area contributed by atoms with Gasteiger partial charge in [-0.05, 0) is 25.7 Å². The molecule has 0 N–H and O–H groups in total. The van der Waals surface area contributed by atoms with Gasteiger partial charge in [-0.2, -0.15) is 0 Å². The molecule has 3 aliphatic rings. The van der Waals surface area contributed by atoms with Gasteiger partial charge in [0.25, 0.3) is 0 Å². The molecule has 0 aromatic carbocycles. The molecule has 4 heteroatoms. The second-order valence-corrected chi connectivity index (χ2v) is 10.9. The van der Waals surface area contributed by atoms with Gasteiger partial charge >= 0.3 is 0 Å². The molecule has 0 aromatic rings. The molecule has 3 fully saturated rings. The lowest BCUT2D eigenvalue weighted by atomic mass is 9.99. The molecule has 0 atom stereocenters. The molecule has 1 saturated heterocycles. The van der Waals surface area contributed by atoms with Crippen molar-refractivity contribution in [3.63, 3.8) is 0 Å². The van der Waals surface area contributed by atoms with Gasteiger partial charge in [0.05, 0.1) is 10.8 Å². The Kier molecular flexibility index (Phi) is 3.36. The van der Waals surface area contributed by atoms with Gasteiger partial charge in [0, 0.05) is 0 Å². The van der Waals surface area contributed by atoms with Gasteiger partial charge in [-0.25, -0.2) is 0 Å². The highest BCUT2D eigenvalue weighted by Crippen LogP contribution is 2.66. The fourth-order valence-electron chi connectivity index (χ4n) is 3.27. The van der Waals surface area contributed by atoms with Crippen LogP contribution in [0.1, 0.15) is 64.2 Å². The average molecular weight is 276 g/mol. The Labute approximate surface area is 109 Å². The van der Waals surface area contributed by atoms with Crippen LogP contribution in [0.15, 0.2) is 0 Å². The molecule has 0 amide bonds. The summed E-state index contributed by atoms with van der Waals surface area (Å²) in [5, 5.41) is 0. The van der Waals surface area contributed by atoms with Crippen LogP contribution in [0.5, 0.6) is 0 Å². The maximum absolute atomic E-state index is 12.9. The van der Waals surface area contributed by atoms with Crippen molar-refractivity contribution in [2.24, 2.45) is 0 Å². The van der Waals surface area contributed by atoms with Crippen LogP contribution in [-0.2, 0) is 10.8 Å². The topological polar surface area (TPSA) is 17.1 Å². The quantitative estimate of drug-likeness (QED) is 0.608. The van der Waals surface area contributed by atoms with Crippen molar-refractivity contribution in [1.82, 2.24) is 0 Å². The molecule has 1 nitrogen and oxygen atoms in total. The predicted molar refractivity (Wildman–Crippen MR) is 75.0 cm³/mol. The highest BCUT2D eigenvalue weighted by Gasteiger charge is 2.57. The van der Waals surface area contributed by atoms with Crippen molar-refractivity contribution in [2.75, 3.05) is 0 Å². The van der Waals surface area contributed by atoms with E-state index in [1.807, 2.05) is 21.6 Å². The summed E-state index contributed by atoms with van der Waals surface area (Å²) in [6.07, 6.45) is 12.7. The summed E-state index contributed by atoms with van der Waals surface area (Å²) < 4.78 is 13.2. The summed E-state index contributed by atoms with van der Waals surface area (Å²) in [7, 11) is 3.40. The number of rotatable bonds is 0. The summed E-state index contributed by atoms with van der Waals surface area (Å²) in [4.78, 5) is 0. The molecule has 0 radical (unpaired) electrons. The second kappa shape index (κ2) is 4.51. The van der Waals surface area contributed by atoms with E-state index < -0.39 is 10.8 Å². The van der Waals surface area contributed by atoms with Crippen LogP contribution in [0.3, 0.4) is 0 Å². The highest BCUT2D eigenvalue weighted by atomic mass is 33.1. The first-order valence-corrected chi connectivity index (χ1v) is 9.86. The summed E-state index contributed by atoms with van der Waals surface area (Å²) in [5.41, 5.74) is 0. The van der Waals surface area contributed by atoms with Gasteiger partial charge in [-0.15, -0.1) is 0 Å². The molecule has 1 aliphatic heterocycles. The van der Waals surface area contributed by atoms with Gasteiger partial charge in [0.2, 0.25) is 0 Å². The summed E-state index contributed by atoms with van der Waals surface area (Å²) in [6, 6.07) is 0. The lowest BCUT2D eigenvalue weighted by Crippen LogP contribution is -2.40. The Balaban J connectivity index is 1.82.